The molecule has 4 nitrogen and oxygen atoms in total. The maximum atomic E-state index is 12.3. The van der Waals surface area contributed by atoms with Crippen LogP contribution >= 0.6 is 0 Å². The summed E-state index contributed by atoms with van der Waals surface area (Å²) in [5.74, 6) is 0.819. The molecule has 0 saturated carbocycles. The Hall–Kier alpha value is -2.36. The van der Waals surface area contributed by atoms with Crippen LogP contribution in [0.1, 0.15) is 50.4 Å². The van der Waals surface area contributed by atoms with Gasteiger partial charge in [0.25, 0.3) is 0 Å². The molecular weight excluding hydrogens is 312 g/mol. The van der Waals surface area contributed by atoms with Gasteiger partial charge < -0.3 is 9.72 Å². The predicted molar refractivity (Wildman–Crippen MR) is 99.7 cm³/mol. The molecule has 4 heteroatoms. The summed E-state index contributed by atoms with van der Waals surface area (Å²) in [7, 11) is 0. The predicted octanol–water partition coefficient (Wildman–Crippen LogP) is 4.30. The number of cyclic esters (lactones) is 1. The lowest BCUT2D eigenvalue weighted by molar-refractivity contribution is -0.138. The number of benzene rings is 1. The van der Waals surface area contributed by atoms with Crippen molar-refractivity contribution in [2.24, 2.45) is 10.9 Å². The molecule has 1 aliphatic rings. The molecule has 132 valence electrons. The Morgan fingerprint density at radius 1 is 1.20 bits per heavy atom. The van der Waals surface area contributed by atoms with E-state index in [1.165, 1.54) is 11.3 Å². The Kier molecular flexibility index (Phi) is 5.07. The lowest BCUT2D eigenvalue weighted by Crippen LogP contribution is -2.30. The summed E-state index contributed by atoms with van der Waals surface area (Å²) in [6, 6.07) is 12.2. The third-order valence-electron chi connectivity index (χ3n) is 4.59. The van der Waals surface area contributed by atoms with Gasteiger partial charge in [-0.25, -0.2) is 9.79 Å². The number of carbonyl (C=O) groups is 1. The molecule has 0 radical (unpaired) electrons. The van der Waals surface area contributed by atoms with Crippen LogP contribution in [0.2, 0.25) is 0 Å². The number of carbonyl (C=O) groups excluding carboxylic acids is 1. The fourth-order valence-electron chi connectivity index (χ4n) is 3.17. The molecule has 2 heterocycles. The summed E-state index contributed by atoms with van der Waals surface area (Å²) < 4.78 is 5.47. The molecule has 1 aromatic carbocycles. The van der Waals surface area contributed by atoms with Crippen molar-refractivity contribution < 1.29 is 9.53 Å². The van der Waals surface area contributed by atoms with Crippen LogP contribution in [0.3, 0.4) is 0 Å². The van der Waals surface area contributed by atoms with Crippen molar-refractivity contribution in [3.8, 4) is 0 Å². The van der Waals surface area contributed by atoms with Crippen molar-refractivity contribution in [1.29, 1.82) is 0 Å². The summed E-state index contributed by atoms with van der Waals surface area (Å²) in [6.45, 7) is 6.27. The third kappa shape index (κ3) is 4.19. The van der Waals surface area contributed by atoms with E-state index in [9.17, 15) is 4.79 Å². The summed E-state index contributed by atoms with van der Waals surface area (Å²) in [6.07, 6.45) is 5.43. The van der Waals surface area contributed by atoms with E-state index < -0.39 is 5.54 Å². The number of ether oxygens (including phenoxy) is 1. The van der Waals surface area contributed by atoms with Gasteiger partial charge in [-0.2, -0.15) is 0 Å². The van der Waals surface area contributed by atoms with E-state index in [1.807, 2.05) is 31.3 Å². The lowest BCUT2D eigenvalue weighted by Gasteiger charge is -2.15. The molecule has 0 aliphatic carbocycles. The summed E-state index contributed by atoms with van der Waals surface area (Å²) in [4.78, 5) is 20.1. The molecule has 0 amide bonds. The molecule has 1 unspecified atom stereocenters. The van der Waals surface area contributed by atoms with Crippen molar-refractivity contribution in [2.75, 3.05) is 0 Å². The van der Waals surface area contributed by atoms with Crippen LogP contribution in [0.15, 0.2) is 47.6 Å². The minimum atomic E-state index is -0.779. The number of esters is 1. The highest BCUT2D eigenvalue weighted by molar-refractivity contribution is 6.07. The van der Waals surface area contributed by atoms with Gasteiger partial charge >= 0.3 is 5.97 Å². The fourth-order valence-corrected chi connectivity index (χ4v) is 3.17. The Morgan fingerprint density at radius 3 is 2.60 bits per heavy atom. The maximum absolute atomic E-state index is 12.3. The van der Waals surface area contributed by atoms with Gasteiger partial charge in [0.2, 0.25) is 5.90 Å². The molecular formula is C21H26N2O2. The number of hydrogen-bond donors (Lipinski definition) is 1. The monoisotopic (exact) mass is 338 g/mol. The SMILES string of the molecule is CC(C)Cc1ccc(C2=NC(C)(CCCc3ccc[nH]3)C(=O)O2)cc1. The van der Waals surface area contributed by atoms with Gasteiger partial charge in [-0.15, -0.1) is 0 Å². The zero-order chi connectivity index (χ0) is 17.9. The number of H-pyrrole nitrogens is 1. The molecule has 1 atom stereocenters. The second-order valence-electron chi connectivity index (χ2n) is 7.42. The lowest BCUT2D eigenvalue weighted by atomic mass is 9.96. The van der Waals surface area contributed by atoms with Gasteiger partial charge in [0.05, 0.1) is 0 Å². The first kappa shape index (κ1) is 17.5. The van der Waals surface area contributed by atoms with Crippen LogP contribution in [-0.2, 0) is 22.4 Å². The topological polar surface area (TPSA) is 54.5 Å². The van der Waals surface area contributed by atoms with Crippen LogP contribution in [-0.4, -0.2) is 22.4 Å². The zero-order valence-electron chi connectivity index (χ0n) is 15.2. The quantitative estimate of drug-likeness (QED) is 0.765. The number of aliphatic imine (C=N–C) groups is 1. The fraction of sp³-hybridized carbons (Fsp3) is 0.429. The number of hydrogen-bond acceptors (Lipinski definition) is 3. The van der Waals surface area contributed by atoms with Crippen molar-refractivity contribution in [1.82, 2.24) is 4.98 Å². The first-order chi connectivity index (χ1) is 12.0. The van der Waals surface area contributed by atoms with Crippen molar-refractivity contribution in [3.63, 3.8) is 0 Å². The third-order valence-corrected chi connectivity index (χ3v) is 4.59. The van der Waals surface area contributed by atoms with E-state index in [1.54, 1.807) is 0 Å². The molecule has 0 bridgehead atoms. The van der Waals surface area contributed by atoms with Gasteiger partial charge in [-0.05, 0) is 68.4 Å². The Balaban J connectivity index is 1.66. The number of nitrogens with one attached hydrogen (secondary N) is 1. The molecule has 0 fully saturated rings. The second kappa shape index (κ2) is 7.26. The molecule has 1 aliphatic heterocycles. The highest BCUT2D eigenvalue weighted by Gasteiger charge is 2.41. The number of aromatic nitrogens is 1. The van der Waals surface area contributed by atoms with Crippen molar-refractivity contribution in [3.05, 3.63) is 59.4 Å². The van der Waals surface area contributed by atoms with E-state index in [0.29, 0.717) is 18.2 Å². The van der Waals surface area contributed by atoms with Crippen LogP contribution < -0.4 is 0 Å². The van der Waals surface area contributed by atoms with Gasteiger partial charge in [-0.3, -0.25) is 0 Å². The highest BCUT2D eigenvalue weighted by atomic mass is 16.6. The van der Waals surface area contributed by atoms with E-state index >= 15 is 0 Å². The van der Waals surface area contributed by atoms with E-state index in [-0.39, 0.29) is 5.97 Å². The Bertz CT molecular complexity index is 745. The molecule has 25 heavy (non-hydrogen) atoms. The van der Waals surface area contributed by atoms with E-state index in [0.717, 1.165) is 24.8 Å². The minimum Gasteiger partial charge on any atom is -0.405 e. The Labute approximate surface area is 149 Å². The highest BCUT2D eigenvalue weighted by Crippen LogP contribution is 2.28. The second-order valence-corrected chi connectivity index (χ2v) is 7.42. The van der Waals surface area contributed by atoms with E-state index in [4.69, 9.17) is 4.74 Å². The van der Waals surface area contributed by atoms with Gasteiger partial charge in [0, 0.05) is 17.5 Å². The smallest absolute Gasteiger partial charge is 0.340 e. The van der Waals surface area contributed by atoms with Crippen LogP contribution in [0, 0.1) is 5.92 Å². The number of aryl methyl sites for hydroxylation is 1. The van der Waals surface area contributed by atoms with Crippen molar-refractivity contribution >= 4 is 11.9 Å². The first-order valence-corrected chi connectivity index (χ1v) is 9.00. The molecule has 2 aromatic rings. The van der Waals surface area contributed by atoms with Crippen molar-refractivity contribution in [2.45, 2.75) is 52.0 Å². The van der Waals surface area contributed by atoms with Crippen LogP contribution in [0.5, 0.6) is 0 Å². The van der Waals surface area contributed by atoms with Gasteiger partial charge in [-0.1, -0.05) is 26.0 Å². The molecule has 1 aromatic heterocycles. The Morgan fingerprint density at radius 2 is 1.96 bits per heavy atom. The summed E-state index contributed by atoms with van der Waals surface area (Å²) in [5.41, 5.74) is 2.56. The first-order valence-electron chi connectivity index (χ1n) is 9.00. The minimum absolute atomic E-state index is 0.250. The number of aromatic amines is 1. The number of rotatable bonds is 7. The average Bonchev–Trinajstić information content (AvgIpc) is 3.17. The summed E-state index contributed by atoms with van der Waals surface area (Å²) in [5, 5.41) is 0. The molecule has 0 spiro atoms. The average molecular weight is 338 g/mol. The summed E-state index contributed by atoms with van der Waals surface area (Å²) >= 11 is 0. The van der Waals surface area contributed by atoms with Gasteiger partial charge in [0.15, 0.2) is 5.54 Å². The number of nitrogens with zero attached hydrogens (tertiary/aromatic N) is 1. The zero-order valence-corrected chi connectivity index (χ0v) is 15.2. The largest absolute Gasteiger partial charge is 0.405 e. The van der Waals surface area contributed by atoms with Crippen LogP contribution in [0.25, 0.3) is 0 Å². The van der Waals surface area contributed by atoms with E-state index in [2.05, 4.69) is 42.0 Å². The molecule has 1 N–H and O–H groups in total. The molecule has 0 saturated heterocycles. The van der Waals surface area contributed by atoms with Crippen LogP contribution in [0.4, 0.5) is 0 Å². The maximum Gasteiger partial charge on any atom is 0.340 e. The standard InChI is InChI=1S/C21H26N2O2/c1-15(2)14-16-8-10-17(11-9-16)19-23-21(3,20(24)25-19)12-4-6-18-7-5-13-22-18/h5,7-11,13,15,22H,4,6,12,14H2,1-3H3. The normalized spacial score (nSPS) is 20.0. The molecule has 3 rings (SSSR count). The van der Waals surface area contributed by atoms with Gasteiger partial charge in [0.1, 0.15) is 0 Å².